The van der Waals surface area contributed by atoms with E-state index in [-0.39, 0.29) is 11.7 Å². The van der Waals surface area contributed by atoms with Gasteiger partial charge in [0.05, 0.1) is 11.1 Å². The van der Waals surface area contributed by atoms with Gasteiger partial charge in [0.25, 0.3) is 5.91 Å². The molecule has 5 heteroatoms. The number of aromatic hydroxyl groups is 1. The summed E-state index contributed by atoms with van der Waals surface area (Å²) in [6.45, 7) is 4.99. The number of piperazine rings is 1. The summed E-state index contributed by atoms with van der Waals surface area (Å²) in [6, 6.07) is 5.25. The van der Waals surface area contributed by atoms with E-state index in [1.54, 1.807) is 12.1 Å². The molecule has 1 aliphatic rings. The van der Waals surface area contributed by atoms with Crippen LogP contribution in [0.25, 0.3) is 10.9 Å². The number of rotatable bonds is 1. The van der Waals surface area contributed by atoms with E-state index in [0.29, 0.717) is 11.1 Å². The highest BCUT2D eigenvalue weighted by molar-refractivity contribution is 6.09. The van der Waals surface area contributed by atoms with Gasteiger partial charge in [-0.25, -0.2) is 0 Å². The number of aromatic nitrogens is 1. The van der Waals surface area contributed by atoms with Gasteiger partial charge < -0.3 is 20.3 Å². The summed E-state index contributed by atoms with van der Waals surface area (Å²) in [7, 11) is 0. The van der Waals surface area contributed by atoms with Gasteiger partial charge >= 0.3 is 0 Å². The number of phenols is 1. The number of fused-ring (bicyclic) bond motifs is 1. The zero-order valence-electron chi connectivity index (χ0n) is 10.9. The van der Waals surface area contributed by atoms with Crippen molar-refractivity contribution < 1.29 is 9.90 Å². The molecule has 0 unspecified atom stereocenters. The first-order valence-corrected chi connectivity index (χ1v) is 6.48. The number of hydrogen-bond donors (Lipinski definition) is 3. The van der Waals surface area contributed by atoms with Gasteiger partial charge in [0.2, 0.25) is 0 Å². The first-order valence-electron chi connectivity index (χ1n) is 6.48. The van der Waals surface area contributed by atoms with E-state index in [1.165, 1.54) is 0 Å². The molecule has 1 aromatic carbocycles. The Hall–Kier alpha value is -2.01. The highest BCUT2D eigenvalue weighted by atomic mass is 16.3. The van der Waals surface area contributed by atoms with E-state index in [0.717, 1.165) is 37.3 Å². The Balaban J connectivity index is 2.06. The van der Waals surface area contributed by atoms with Crippen molar-refractivity contribution in [2.45, 2.75) is 6.92 Å². The van der Waals surface area contributed by atoms with Crippen molar-refractivity contribution in [2.75, 3.05) is 26.2 Å². The van der Waals surface area contributed by atoms with Gasteiger partial charge in [0.15, 0.2) is 0 Å². The number of para-hydroxylation sites is 1. The second-order valence-corrected chi connectivity index (χ2v) is 4.87. The fourth-order valence-corrected chi connectivity index (χ4v) is 2.63. The molecule has 0 saturated carbocycles. The molecule has 3 N–H and O–H groups in total. The van der Waals surface area contributed by atoms with Crippen molar-refractivity contribution in [2.24, 2.45) is 0 Å². The highest BCUT2D eigenvalue weighted by Crippen LogP contribution is 2.29. The number of phenolic OH excluding ortho intramolecular Hbond substituents is 1. The van der Waals surface area contributed by atoms with E-state index < -0.39 is 0 Å². The van der Waals surface area contributed by atoms with Gasteiger partial charge in [-0.3, -0.25) is 4.79 Å². The molecule has 0 spiro atoms. The van der Waals surface area contributed by atoms with E-state index in [1.807, 2.05) is 17.9 Å². The molecule has 1 aromatic heterocycles. The van der Waals surface area contributed by atoms with Gasteiger partial charge in [-0.2, -0.15) is 0 Å². The predicted molar refractivity (Wildman–Crippen MR) is 73.5 cm³/mol. The van der Waals surface area contributed by atoms with Crippen LogP contribution in [0.2, 0.25) is 0 Å². The van der Waals surface area contributed by atoms with Gasteiger partial charge in [0, 0.05) is 37.3 Å². The maximum Gasteiger partial charge on any atom is 0.256 e. The zero-order chi connectivity index (χ0) is 13.4. The molecule has 2 aromatic rings. The molecule has 100 valence electrons. The summed E-state index contributed by atoms with van der Waals surface area (Å²) in [6.07, 6.45) is 0. The average Bonchev–Trinajstić information content (AvgIpc) is 2.77. The van der Waals surface area contributed by atoms with E-state index in [4.69, 9.17) is 0 Å². The number of hydrogen-bond acceptors (Lipinski definition) is 3. The fourth-order valence-electron chi connectivity index (χ4n) is 2.63. The largest absolute Gasteiger partial charge is 0.506 e. The molecular weight excluding hydrogens is 242 g/mol. The van der Waals surface area contributed by atoms with Crippen molar-refractivity contribution >= 4 is 16.8 Å². The van der Waals surface area contributed by atoms with Crippen LogP contribution < -0.4 is 5.32 Å². The summed E-state index contributed by atoms with van der Waals surface area (Å²) in [5.41, 5.74) is 2.12. The number of nitrogens with one attached hydrogen (secondary N) is 2. The molecule has 0 bridgehead atoms. The lowest BCUT2D eigenvalue weighted by molar-refractivity contribution is 0.0737. The average molecular weight is 259 g/mol. The van der Waals surface area contributed by atoms with Crippen molar-refractivity contribution in [1.29, 1.82) is 0 Å². The van der Waals surface area contributed by atoms with Crippen molar-refractivity contribution in [3.05, 3.63) is 29.5 Å². The van der Waals surface area contributed by atoms with E-state index in [2.05, 4.69) is 10.3 Å². The van der Waals surface area contributed by atoms with Crippen LogP contribution in [0.15, 0.2) is 18.2 Å². The Morgan fingerprint density at radius 1 is 1.32 bits per heavy atom. The Kier molecular flexibility index (Phi) is 2.91. The van der Waals surface area contributed by atoms with Crippen LogP contribution in [-0.4, -0.2) is 47.1 Å². The molecule has 1 amide bonds. The minimum absolute atomic E-state index is 0.0378. The van der Waals surface area contributed by atoms with Crippen LogP contribution in [-0.2, 0) is 0 Å². The second kappa shape index (κ2) is 4.59. The minimum Gasteiger partial charge on any atom is -0.506 e. The van der Waals surface area contributed by atoms with Crippen LogP contribution >= 0.6 is 0 Å². The van der Waals surface area contributed by atoms with Crippen LogP contribution in [0.3, 0.4) is 0 Å². The number of aryl methyl sites for hydroxylation is 1. The minimum atomic E-state index is 0.0378. The molecule has 2 heterocycles. The quantitative estimate of drug-likeness (QED) is 0.721. The molecule has 3 rings (SSSR count). The summed E-state index contributed by atoms with van der Waals surface area (Å²) in [5, 5.41) is 13.9. The molecule has 0 aliphatic carbocycles. The Bertz CT molecular complexity index is 627. The highest BCUT2D eigenvalue weighted by Gasteiger charge is 2.23. The third-order valence-corrected chi connectivity index (χ3v) is 3.62. The molecule has 19 heavy (non-hydrogen) atoms. The summed E-state index contributed by atoms with van der Waals surface area (Å²) < 4.78 is 0. The monoisotopic (exact) mass is 259 g/mol. The van der Waals surface area contributed by atoms with Gasteiger partial charge in [-0.1, -0.05) is 12.1 Å². The number of carbonyl (C=O) groups is 1. The number of carbonyl (C=O) groups excluding carboxylic acids is 1. The smallest absolute Gasteiger partial charge is 0.256 e. The summed E-state index contributed by atoms with van der Waals surface area (Å²) in [4.78, 5) is 17.6. The van der Waals surface area contributed by atoms with Crippen molar-refractivity contribution in [3.8, 4) is 5.75 Å². The third-order valence-electron chi connectivity index (χ3n) is 3.62. The lowest BCUT2D eigenvalue weighted by Gasteiger charge is -2.27. The van der Waals surface area contributed by atoms with Crippen molar-refractivity contribution in [3.63, 3.8) is 0 Å². The number of nitrogens with zero attached hydrogens (tertiary/aromatic N) is 1. The van der Waals surface area contributed by atoms with E-state index in [9.17, 15) is 9.90 Å². The zero-order valence-corrected chi connectivity index (χ0v) is 10.9. The van der Waals surface area contributed by atoms with Gasteiger partial charge in [-0.05, 0) is 13.0 Å². The van der Waals surface area contributed by atoms with Crippen LogP contribution in [0.4, 0.5) is 0 Å². The number of benzene rings is 1. The van der Waals surface area contributed by atoms with Gasteiger partial charge in [-0.15, -0.1) is 0 Å². The summed E-state index contributed by atoms with van der Waals surface area (Å²) in [5.74, 6) is 0.218. The lowest BCUT2D eigenvalue weighted by atomic mass is 10.1. The number of amides is 1. The fraction of sp³-hybridized carbons (Fsp3) is 0.357. The predicted octanol–water partition coefficient (Wildman–Crippen LogP) is 1.23. The third kappa shape index (κ3) is 1.96. The molecule has 1 fully saturated rings. The molecule has 1 aliphatic heterocycles. The Morgan fingerprint density at radius 2 is 2.05 bits per heavy atom. The van der Waals surface area contributed by atoms with Crippen LogP contribution in [0.1, 0.15) is 16.1 Å². The molecular formula is C14H17N3O2. The second-order valence-electron chi connectivity index (χ2n) is 4.87. The molecule has 5 nitrogen and oxygen atoms in total. The summed E-state index contributed by atoms with van der Waals surface area (Å²) >= 11 is 0. The Labute approximate surface area is 111 Å². The molecule has 0 atom stereocenters. The Morgan fingerprint density at radius 3 is 2.79 bits per heavy atom. The molecule has 0 radical (unpaired) electrons. The topological polar surface area (TPSA) is 68.4 Å². The van der Waals surface area contributed by atoms with Crippen LogP contribution in [0.5, 0.6) is 5.75 Å². The maximum absolute atomic E-state index is 12.6. The van der Waals surface area contributed by atoms with Gasteiger partial charge in [0.1, 0.15) is 5.75 Å². The molecule has 1 saturated heterocycles. The van der Waals surface area contributed by atoms with Crippen LogP contribution in [0, 0.1) is 6.92 Å². The lowest BCUT2D eigenvalue weighted by Crippen LogP contribution is -2.46. The first-order chi connectivity index (χ1) is 9.18. The number of H-pyrrole nitrogens is 1. The van der Waals surface area contributed by atoms with Crippen molar-refractivity contribution in [1.82, 2.24) is 15.2 Å². The number of aromatic amines is 1. The normalized spacial score (nSPS) is 15.9. The van der Waals surface area contributed by atoms with E-state index >= 15 is 0 Å². The first kappa shape index (κ1) is 12.0. The SMILES string of the molecule is Cc1[nH]c2c(O)cccc2c1C(=O)N1CCNCC1. The maximum atomic E-state index is 12.6. The standard InChI is InChI=1S/C14H17N3O2/c1-9-12(14(19)17-7-5-15-6-8-17)10-3-2-4-11(18)13(10)16-9/h2-4,15-16,18H,5-8H2,1H3.